The summed E-state index contributed by atoms with van der Waals surface area (Å²) in [5.41, 5.74) is 1.22. The second-order valence-electron chi connectivity index (χ2n) is 5.74. The highest BCUT2D eigenvalue weighted by Gasteiger charge is 2.20. The highest BCUT2D eigenvalue weighted by atomic mass is 79.9. The van der Waals surface area contributed by atoms with Crippen LogP contribution in [0.5, 0.6) is 0 Å². The van der Waals surface area contributed by atoms with Crippen LogP contribution in [0.4, 0.5) is 0 Å². The first-order chi connectivity index (χ1) is 9.68. The molecule has 1 saturated carbocycles. The zero-order valence-electron chi connectivity index (χ0n) is 12.3. The monoisotopic (exact) mass is 337 g/mol. The summed E-state index contributed by atoms with van der Waals surface area (Å²) >= 11 is 3.55. The molecule has 0 unspecified atom stereocenters. The van der Waals surface area contributed by atoms with Gasteiger partial charge in [0.15, 0.2) is 0 Å². The average Bonchev–Trinajstić information content (AvgIpc) is 2.74. The van der Waals surface area contributed by atoms with Crippen molar-refractivity contribution in [2.24, 2.45) is 0 Å². The quantitative estimate of drug-likeness (QED) is 0.737. The highest BCUT2D eigenvalue weighted by molar-refractivity contribution is 9.10. The van der Waals surface area contributed by atoms with Crippen molar-refractivity contribution in [1.82, 2.24) is 4.90 Å². The van der Waals surface area contributed by atoms with Crippen LogP contribution in [0.15, 0.2) is 28.7 Å². The molecule has 0 radical (unpaired) electrons. The fourth-order valence-corrected chi connectivity index (χ4v) is 3.45. The van der Waals surface area contributed by atoms with Gasteiger partial charge in [-0.05, 0) is 30.9 Å². The smallest absolute Gasteiger partial charge is 0.222 e. The van der Waals surface area contributed by atoms with E-state index in [4.69, 9.17) is 0 Å². The van der Waals surface area contributed by atoms with Crippen molar-refractivity contribution in [3.05, 3.63) is 34.3 Å². The van der Waals surface area contributed by atoms with E-state index in [1.807, 2.05) is 30.1 Å². The van der Waals surface area contributed by atoms with E-state index in [0.29, 0.717) is 12.5 Å². The number of benzene rings is 1. The predicted molar refractivity (Wildman–Crippen MR) is 86.7 cm³/mol. The molecular weight excluding hydrogens is 314 g/mol. The summed E-state index contributed by atoms with van der Waals surface area (Å²) in [6.45, 7) is 0. The van der Waals surface area contributed by atoms with E-state index in [0.717, 1.165) is 10.9 Å². The third kappa shape index (κ3) is 4.34. The van der Waals surface area contributed by atoms with Gasteiger partial charge in [-0.2, -0.15) is 0 Å². The molecule has 1 aromatic rings. The molecule has 0 spiro atoms. The Labute approximate surface area is 130 Å². The van der Waals surface area contributed by atoms with E-state index in [1.165, 1.54) is 44.1 Å². The molecule has 0 atom stereocenters. The van der Waals surface area contributed by atoms with Gasteiger partial charge in [0.2, 0.25) is 5.91 Å². The van der Waals surface area contributed by atoms with Gasteiger partial charge in [0.1, 0.15) is 0 Å². The molecule has 2 rings (SSSR count). The van der Waals surface area contributed by atoms with Crippen molar-refractivity contribution in [2.75, 3.05) is 7.05 Å². The van der Waals surface area contributed by atoms with Crippen molar-refractivity contribution >= 4 is 21.8 Å². The maximum atomic E-state index is 12.3. The summed E-state index contributed by atoms with van der Waals surface area (Å²) in [4.78, 5) is 14.4. The van der Waals surface area contributed by atoms with Crippen LogP contribution in [0.2, 0.25) is 0 Å². The second kappa shape index (κ2) is 7.82. The van der Waals surface area contributed by atoms with Crippen molar-refractivity contribution in [2.45, 2.75) is 57.4 Å². The summed E-state index contributed by atoms with van der Waals surface area (Å²) in [6, 6.07) is 8.62. The van der Waals surface area contributed by atoms with Gasteiger partial charge in [-0.3, -0.25) is 4.79 Å². The number of halogens is 1. The van der Waals surface area contributed by atoms with Gasteiger partial charge >= 0.3 is 0 Å². The van der Waals surface area contributed by atoms with Gasteiger partial charge in [0, 0.05) is 24.0 Å². The minimum Gasteiger partial charge on any atom is -0.343 e. The molecule has 1 amide bonds. The molecule has 2 nitrogen and oxygen atoms in total. The van der Waals surface area contributed by atoms with Crippen molar-refractivity contribution in [3.63, 3.8) is 0 Å². The molecule has 0 N–H and O–H groups in total. The van der Waals surface area contributed by atoms with Crippen LogP contribution in [0, 0.1) is 0 Å². The molecule has 1 aliphatic rings. The van der Waals surface area contributed by atoms with Gasteiger partial charge in [0.25, 0.3) is 0 Å². The first-order valence-electron chi connectivity index (χ1n) is 7.67. The molecule has 0 aliphatic heterocycles. The number of carbonyl (C=O) groups is 1. The fourth-order valence-electron chi connectivity index (χ4n) is 2.97. The van der Waals surface area contributed by atoms with E-state index in [1.54, 1.807) is 0 Å². The first-order valence-corrected chi connectivity index (χ1v) is 8.47. The summed E-state index contributed by atoms with van der Waals surface area (Å²) in [7, 11) is 1.98. The lowest BCUT2D eigenvalue weighted by Crippen LogP contribution is -2.36. The van der Waals surface area contributed by atoms with E-state index in [9.17, 15) is 4.79 Å². The standard InChI is InChI=1S/C17H24BrNO/c1-19(15-9-4-2-3-5-10-15)17(20)13-12-14-8-6-7-11-16(14)18/h6-8,11,15H,2-5,9-10,12-13H2,1H3. The lowest BCUT2D eigenvalue weighted by atomic mass is 10.1. The Bertz CT molecular complexity index is 438. The minimum atomic E-state index is 0.285. The number of amides is 1. The molecule has 0 aromatic heterocycles. The molecule has 0 saturated heterocycles. The predicted octanol–water partition coefficient (Wildman–Crippen LogP) is 4.56. The van der Waals surface area contributed by atoms with E-state index < -0.39 is 0 Å². The van der Waals surface area contributed by atoms with Gasteiger partial charge in [0.05, 0.1) is 0 Å². The van der Waals surface area contributed by atoms with Crippen LogP contribution in [-0.4, -0.2) is 23.9 Å². The number of carbonyl (C=O) groups excluding carboxylic acids is 1. The highest BCUT2D eigenvalue weighted by Crippen LogP contribution is 2.22. The average molecular weight is 338 g/mol. The number of nitrogens with zero attached hydrogens (tertiary/aromatic N) is 1. The zero-order valence-corrected chi connectivity index (χ0v) is 13.9. The Morgan fingerprint density at radius 3 is 2.50 bits per heavy atom. The number of rotatable bonds is 4. The van der Waals surface area contributed by atoms with Crippen LogP contribution in [0.1, 0.15) is 50.5 Å². The number of aryl methyl sites for hydroxylation is 1. The van der Waals surface area contributed by atoms with Crippen LogP contribution in [-0.2, 0) is 11.2 Å². The SMILES string of the molecule is CN(C(=O)CCc1ccccc1Br)C1CCCCCC1. The fraction of sp³-hybridized carbons (Fsp3) is 0.588. The summed E-state index contributed by atoms with van der Waals surface area (Å²) < 4.78 is 1.10. The topological polar surface area (TPSA) is 20.3 Å². The summed E-state index contributed by atoms with van der Waals surface area (Å²) in [5.74, 6) is 0.285. The molecule has 1 aliphatic carbocycles. The maximum absolute atomic E-state index is 12.3. The van der Waals surface area contributed by atoms with Crippen LogP contribution < -0.4 is 0 Å². The maximum Gasteiger partial charge on any atom is 0.222 e. The third-order valence-corrected chi connectivity index (χ3v) is 5.11. The first kappa shape index (κ1) is 15.6. The third-order valence-electron chi connectivity index (χ3n) is 4.33. The molecule has 20 heavy (non-hydrogen) atoms. The van der Waals surface area contributed by atoms with Gasteiger partial charge < -0.3 is 4.90 Å². The normalized spacial score (nSPS) is 16.7. The van der Waals surface area contributed by atoms with Crippen molar-refractivity contribution in [1.29, 1.82) is 0 Å². The van der Waals surface area contributed by atoms with Gasteiger partial charge in [-0.25, -0.2) is 0 Å². The Kier molecular flexibility index (Phi) is 6.08. The van der Waals surface area contributed by atoms with Crippen LogP contribution in [0.3, 0.4) is 0 Å². The van der Waals surface area contributed by atoms with E-state index in [-0.39, 0.29) is 5.91 Å². The zero-order chi connectivity index (χ0) is 14.4. The Morgan fingerprint density at radius 2 is 1.85 bits per heavy atom. The molecular formula is C17H24BrNO. The van der Waals surface area contributed by atoms with Crippen LogP contribution in [0.25, 0.3) is 0 Å². The Hall–Kier alpha value is -0.830. The number of hydrogen-bond donors (Lipinski definition) is 0. The molecule has 1 fully saturated rings. The molecule has 1 aromatic carbocycles. The summed E-state index contributed by atoms with van der Waals surface area (Å²) in [5, 5.41) is 0. The summed E-state index contributed by atoms with van der Waals surface area (Å²) in [6.07, 6.45) is 8.98. The van der Waals surface area contributed by atoms with E-state index >= 15 is 0 Å². The Balaban J connectivity index is 1.86. The second-order valence-corrected chi connectivity index (χ2v) is 6.60. The molecule has 110 valence electrons. The number of hydrogen-bond acceptors (Lipinski definition) is 1. The molecule has 0 bridgehead atoms. The largest absolute Gasteiger partial charge is 0.343 e. The lowest BCUT2D eigenvalue weighted by molar-refractivity contribution is -0.132. The minimum absolute atomic E-state index is 0.285. The van der Waals surface area contributed by atoms with Gasteiger partial charge in [-0.15, -0.1) is 0 Å². The lowest BCUT2D eigenvalue weighted by Gasteiger charge is -2.27. The Morgan fingerprint density at radius 1 is 1.20 bits per heavy atom. The van der Waals surface area contributed by atoms with E-state index in [2.05, 4.69) is 22.0 Å². The van der Waals surface area contributed by atoms with Crippen molar-refractivity contribution < 1.29 is 4.79 Å². The van der Waals surface area contributed by atoms with Crippen LogP contribution >= 0.6 is 15.9 Å². The molecule has 3 heteroatoms. The van der Waals surface area contributed by atoms with Crippen molar-refractivity contribution in [3.8, 4) is 0 Å². The molecule has 0 heterocycles. The van der Waals surface area contributed by atoms with Gasteiger partial charge in [-0.1, -0.05) is 59.8 Å².